The summed E-state index contributed by atoms with van der Waals surface area (Å²) in [4.78, 5) is 28.1. The molecule has 0 aliphatic rings. The normalized spacial score (nSPS) is 12.0. The Labute approximate surface area is 150 Å². The molecule has 1 aromatic carbocycles. The van der Waals surface area contributed by atoms with E-state index in [1.807, 2.05) is 25.1 Å². The van der Waals surface area contributed by atoms with Crippen LogP contribution in [0.25, 0.3) is 11.0 Å². The highest BCUT2D eigenvalue weighted by Gasteiger charge is 2.15. The average Bonchev–Trinajstić information content (AvgIpc) is 2.65. The van der Waals surface area contributed by atoms with Crippen LogP contribution in [0.3, 0.4) is 0 Å². The van der Waals surface area contributed by atoms with Crippen LogP contribution >= 0.6 is 0 Å². The third-order valence-corrected chi connectivity index (χ3v) is 4.30. The van der Waals surface area contributed by atoms with Crippen LogP contribution in [-0.2, 0) is 11.3 Å². The van der Waals surface area contributed by atoms with Gasteiger partial charge in [0, 0.05) is 36.0 Å². The lowest BCUT2D eigenvalue weighted by Crippen LogP contribution is -2.35. The molecule has 0 saturated carbocycles. The second-order valence-corrected chi connectivity index (χ2v) is 6.14. The van der Waals surface area contributed by atoms with Gasteiger partial charge in [0.25, 0.3) is 5.91 Å². The van der Waals surface area contributed by atoms with Crippen molar-refractivity contribution in [2.45, 2.75) is 33.4 Å². The molecule has 26 heavy (non-hydrogen) atoms. The van der Waals surface area contributed by atoms with E-state index in [1.54, 1.807) is 38.4 Å². The van der Waals surface area contributed by atoms with E-state index < -0.39 is 6.10 Å². The van der Waals surface area contributed by atoms with Crippen molar-refractivity contribution >= 4 is 16.9 Å². The van der Waals surface area contributed by atoms with E-state index in [9.17, 15) is 9.59 Å². The molecule has 0 bridgehead atoms. The van der Waals surface area contributed by atoms with Gasteiger partial charge in [0.1, 0.15) is 11.3 Å². The standard InChI is InChI=1S/C20H20N2O4/c1-12-13(2)20(24)26-18-9-16(6-7-17(12)18)25-14(3)19(23)22-11-15-5-4-8-21-10-15/h4-10,14H,11H2,1-3H3,(H,22,23)/t14-/m1/s1. The first-order valence-electron chi connectivity index (χ1n) is 8.33. The predicted octanol–water partition coefficient (Wildman–Crippen LogP) is 2.89. The molecule has 1 N–H and O–H groups in total. The summed E-state index contributed by atoms with van der Waals surface area (Å²) >= 11 is 0. The number of pyridine rings is 1. The zero-order valence-electron chi connectivity index (χ0n) is 14.9. The van der Waals surface area contributed by atoms with Gasteiger partial charge in [-0.1, -0.05) is 6.07 Å². The summed E-state index contributed by atoms with van der Waals surface area (Å²) in [6.07, 6.45) is 2.68. The maximum atomic E-state index is 12.2. The third kappa shape index (κ3) is 3.74. The lowest BCUT2D eigenvalue weighted by atomic mass is 10.1. The summed E-state index contributed by atoms with van der Waals surface area (Å²) < 4.78 is 11.0. The van der Waals surface area contributed by atoms with Crippen molar-refractivity contribution in [3.05, 3.63) is 69.8 Å². The van der Waals surface area contributed by atoms with E-state index >= 15 is 0 Å². The lowest BCUT2D eigenvalue weighted by Gasteiger charge is -2.15. The molecule has 3 aromatic rings. The molecule has 0 radical (unpaired) electrons. The predicted molar refractivity (Wildman–Crippen MR) is 98.1 cm³/mol. The van der Waals surface area contributed by atoms with E-state index in [0.29, 0.717) is 23.4 Å². The largest absolute Gasteiger partial charge is 0.481 e. The minimum Gasteiger partial charge on any atom is -0.481 e. The summed E-state index contributed by atoms with van der Waals surface area (Å²) in [6, 6.07) is 8.92. The van der Waals surface area contributed by atoms with Crippen LogP contribution < -0.4 is 15.7 Å². The number of rotatable bonds is 5. The van der Waals surface area contributed by atoms with Crippen LogP contribution in [0.2, 0.25) is 0 Å². The number of benzene rings is 1. The van der Waals surface area contributed by atoms with Gasteiger partial charge in [-0.2, -0.15) is 0 Å². The SMILES string of the molecule is Cc1c(C)c2ccc(O[C@H](C)C(=O)NCc3cccnc3)cc2oc1=O. The number of carbonyl (C=O) groups is 1. The number of amides is 1. The Morgan fingerprint density at radius 1 is 1.27 bits per heavy atom. The minimum atomic E-state index is -0.692. The highest BCUT2D eigenvalue weighted by atomic mass is 16.5. The van der Waals surface area contributed by atoms with Crippen molar-refractivity contribution < 1.29 is 13.9 Å². The fraction of sp³-hybridized carbons (Fsp3) is 0.250. The van der Waals surface area contributed by atoms with Gasteiger partial charge in [-0.3, -0.25) is 9.78 Å². The fourth-order valence-electron chi connectivity index (χ4n) is 2.59. The van der Waals surface area contributed by atoms with Crippen LogP contribution in [0, 0.1) is 13.8 Å². The van der Waals surface area contributed by atoms with Gasteiger partial charge in [-0.25, -0.2) is 4.79 Å². The number of nitrogens with zero attached hydrogens (tertiary/aromatic N) is 1. The van der Waals surface area contributed by atoms with E-state index in [1.165, 1.54) is 0 Å². The van der Waals surface area contributed by atoms with Gasteiger partial charge >= 0.3 is 5.63 Å². The summed E-state index contributed by atoms with van der Waals surface area (Å²) in [5.74, 6) is 0.225. The van der Waals surface area contributed by atoms with Gasteiger partial charge in [0.15, 0.2) is 6.10 Å². The molecule has 6 heteroatoms. The summed E-state index contributed by atoms with van der Waals surface area (Å²) in [5.41, 5.74) is 2.46. The Bertz CT molecular complexity index is 996. The van der Waals surface area contributed by atoms with E-state index in [-0.39, 0.29) is 11.5 Å². The van der Waals surface area contributed by atoms with Gasteiger partial charge < -0.3 is 14.5 Å². The molecule has 0 aliphatic heterocycles. The molecule has 0 fully saturated rings. The number of ether oxygens (including phenoxy) is 1. The molecule has 6 nitrogen and oxygen atoms in total. The van der Waals surface area contributed by atoms with Crippen LogP contribution in [0.4, 0.5) is 0 Å². The first kappa shape index (κ1) is 17.7. The van der Waals surface area contributed by atoms with Gasteiger partial charge in [0.05, 0.1) is 0 Å². The van der Waals surface area contributed by atoms with Crippen LogP contribution in [0.1, 0.15) is 23.6 Å². The number of hydrogen-bond donors (Lipinski definition) is 1. The Kier molecular flexibility index (Phi) is 5.02. The highest BCUT2D eigenvalue weighted by molar-refractivity contribution is 5.83. The second-order valence-electron chi connectivity index (χ2n) is 6.14. The minimum absolute atomic E-state index is 0.240. The molecule has 0 unspecified atom stereocenters. The van der Waals surface area contributed by atoms with Crippen LogP contribution in [-0.4, -0.2) is 17.0 Å². The van der Waals surface area contributed by atoms with Gasteiger partial charge in [-0.15, -0.1) is 0 Å². The fourth-order valence-corrected chi connectivity index (χ4v) is 2.59. The molecule has 3 rings (SSSR count). The van der Waals surface area contributed by atoms with Crippen LogP contribution in [0.5, 0.6) is 5.75 Å². The Morgan fingerprint density at radius 2 is 2.08 bits per heavy atom. The molecule has 0 spiro atoms. The molecule has 0 aliphatic carbocycles. The first-order chi connectivity index (χ1) is 12.5. The number of hydrogen-bond acceptors (Lipinski definition) is 5. The number of aromatic nitrogens is 1. The van der Waals surface area contributed by atoms with Crippen molar-refractivity contribution in [1.82, 2.24) is 10.3 Å². The number of aryl methyl sites for hydroxylation is 1. The number of carbonyl (C=O) groups excluding carboxylic acids is 1. The van der Waals surface area contributed by atoms with E-state index in [2.05, 4.69) is 10.3 Å². The lowest BCUT2D eigenvalue weighted by molar-refractivity contribution is -0.127. The van der Waals surface area contributed by atoms with Crippen molar-refractivity contribution in [2.24, 2.45) is 0 Å². The third-order valence-electron chi connectivity index (χ3n) is 4.30. The smallest absolute Gasteiger partial charge is 0.339 e. The van der Waals surface area contributed by atoms with Crippen molar-refractivity contribution in [1.29, 1.82) is 0 Å². The Balaban J connectivity index is 1.70. The summed E-state index contributed by atoms with van der Waals surface area (Å²) in [7, 11) is 0. The molecular weight excluding hydrogens is 332 g/mol. The maximum absolute atomic E-state index is 12.2. The molecule has 1 atom stereocenters. The van der Waals surface area contributed by atoms with Crippen molar-refractivity contribution in [3.63, 3.8) is 0 Å². The quantitative estimate of drug-likeness (QED) is 0.714. The van der Waals surface area contributed by atoms with Crippen molar-refractivity contribution in [2.75, 3.05) is 0 Å². The van der Waals surface area contributed by atoms with Gasteiger partial charge in [-0.05, 0) is 50.1 Å². The second kappa shape index (κ2) is 7.39. The topological polar surface area (TPSA) is 81.4 Å². The molecule has 2 aromatic heterocycles. The van der Waals surface area contributed by atoms with E-state index in [4.69, 9.17) is 9.15 Å². The summed E-state index contributed by atoms with van der Waals surface area (Å²) in [6.45, 7) is 5.66. The molecule has 134 valence electrons. The zero-order chi connectivity index (χ0) is 18.7. The Hall–Kier alpha value is -3.15. The molecule has 2 heterocycles. The molecule has 1 amide bonds. The average molecular weight is 352 g/mol. The first-order valence-corrected chi connectivity index (χ1v) is 8.33. The van der Waals surface area contributed by atoms with E-state index in [0.717, 1.165) is 16.5 Å². The van der Waals surface area contributed by atoms with Crippen LogP contribution in [0.15, 0.2) is 51.9 Å². The Morgan fingerprint density at radius 3 is 2.81 bits per heavy atom. The van der Waals surface area contributed by atoms with Gasteiger partial charge in [0.2, 0.25) is 0 Å². The molecular formula is C20H20N2O4. The monoisotopic (exact) mass is 352 g/mol. The summed E-state index contributed by atoms with van der Waals surface area (Å²) in [5, 5.41) is 3.65. The van der Waals surface area contributed by atoms with Crippen molar-refractivity contribution in [3.8, 4) is 5.75 Å². The molecule has 0 saturated heterocycles. The highest BCUT2D eigenvalue weighted by Crippen LogP contribution is 2.24. The number of nitrogens with one attached hydrogen (secondary N) is 1. The zero-order valence-corrected chi connectivity index (χ0v) is 14.9. The maximum Gasteiger partial charge on any atom is 0.339 e. The number of fused-ring (bicyclic) bond motifs is 1.